The first-order valence-corrected chi connectivity index (χ1v) is 5.87. The molecule has 1 N–H and O–H groups in total. The van der Waals surface area contributed by atoms with Crippen LogP contribution in [0.2, 0.25) is 0 Å². The number of hydrogen-bond acceptors (Lipinski definition) is 3. The Kier molecular flexibility index (Phi) is 3.80. The van der Waals surface area contributed by atoms with Gasteiger partial charge in [-0.15, -0.1) is 6.58 Å². The number of rotatable bonds is 7. The highest BCUT2D eigenvalue weighted by molar-refractivity contribution is 5.17. The van der Waals surface area contributed by atoms with E-state index < -0.39 is 0 Å². The van der Waals surface area contributed by atoms with Crippen molar-refractivity contribution in [1.29, 1.82) is 0 Å². The normalized spacial score (nSPS) is 15.6. The first kappa shape index (κ1) is 11.4. The summed E-state index contributed by atoms with van der Waals surface area (Å²) in [5, 5.41) is 3.47. The van der Waals surface area contributed by atoms with Crippen molar-refractivity contribution in [2.75, 3.05) is 13.6 Å². The number of nitrogens with zero attached hydrogens (tertiary/aromatic N) is 1. The molecule has 1 aromatic rings. The molecule has 0 saturated heterocycles. The van der Waals surface area contributed by atoms with E-state index in [0.29, 0.717) is 0 Å². The third-order valence-corrected chi connectivity index (χ3v) is 2.85. The third-order valence-electron chi connectivity index (χ3n) is 2.85. The summed E-state index contributed by atoms with van der Waals surface area (Å²) >= 11 is 0. The van der Waals surface area contributed by atoms with Crippen LogP contribution in [0.4, 0.5) is 0 Å². The maximum absolute atomic E-state index is 5.51. The van der Waals surface area contributed by atoms with Crippen molar-refractivity contribution in [1.82, 2.24) is 10.2 Å². The molecule has 1 aliphatic carbocycles. The van der Waals surface area contributed by atoms with Crippen molar-refractivity contribution in [3.8, 4) is 0 Å². The Bertz CT molecular complexity index is 341. The quantitative estimate of drug-likeness (QED) is 0.714. The average molecular weight is 220 g/mol. The molecule has 0 bridgehead atoms. The Morgan fingerprint density at radius 3 is 3.12 bits per heavy atom. The largest absolute Gasteiger partial charge is 0.468 e. The van der Waals surface area contributed by atoms with E-state index in [9.17, 15) is 0 Å². The van der Waals surface area contributed by atoms with Gasteiger partial charge >= 0.3 is 0 Å². The highest BCUT2D eigenvalue weighted by Crippen LogP contribution is 2.20. The minimum absolute atomic E-state index is 0.726. The molecule has 0 atom stereocenters. The summed E-state index contributed by atoms with van der Waals surface area (Å²) in [5.74, 6) is 1.07. The number of furan rings is 1. The van der Waals surface area contributed by atoms with Crippen LogP contribution < -0.4 is 5.32 Å². The van der Waals surface area contributed by atoms with Crippen LogP contribution in [0.5, 0.6) is 0 Å². The van der Waals surface area contributed by atoms with Gasteiger partial charge in [0.1, 0.15) is 5.76 Å². The summed E-state index contributed by atoms with van der Waals surface area (Å²) < 4.78 is 5.51. The Morgan fingerprint density at radius 2 is 2.44 bits per heavy atom. The second-order valence-electron chi connectivity index (χ2n) is 4.51. The zero-order valence-corrected chi connectivity index (χ0v) is 9.91. The second kappa shape index (κ2) is 5.32. The smallest absolute Gasteiger partial charge is 0.122 e. The Hall–Kier alpha value is -1.06. The fraction of sp³-hybridized carbons (Fsp3) is 0.538. The van der Waals surface area contributed by atoms with Gasteiger partial charge in [0.25, 0.3) is 0 Å². The lowest BCUT2D eigenvalue weighted by molar-refractivity contribution is 0.356. The van der Waals surface area contributed by atoms with Crippen LogP contribution in [0, 0.1) is 0 Å². The maximum atomic E-state index is 5.51. The SMILES string of the molecule is C=CCN(C)Cc1ccoc1CNC1CC1. The van der Waals surface area contributed by atoms with Crippen LogP contribution in [0.15, 0.2) is 29.4 Å². The Balaban J connectivity index is 1.86. The summed E-state index contributed by atoms with van der Waals surface area (Å²) in [4.78, 5) is 2.22. The summed E-state index contributed by atoms with van der Waals surface area (Å²) in [6.07, 6.45) is 6.32. The molecule has 16 heavy (non-hydrogen) atoms. The topological polar surface area (TPSA) is 28.4 Å². The molecule has 2 rings (SSSR count). The zero-order chi connectivity index (χ0) is 11.4. The highest BCUT2D eigenvalue weighted by atomic mass is 16.3. The van der Waals surface area contributed by atoms with Crippen LogP contribution >= 0.6 is 0 Å². The Labute approximate surface area is 97.1 Å². The first-order chi connectivity index (χ1) is 7.79. The van der Waals surface area contributed by atoms with E-state index >= 15 is 0 Å². The molecule has 0 aromatic carbocycles. The molecule has 0 amide bonds. The van der Waals surface area contributed by atoms with Gasteiger partial charge in [-0.3, -0.25) is 4.90 Å². The molecule has 0 radical (unpaired) electrons. The van der Waals surface area contributed by atoms with E-state index in [0.717, 1.165) is 31.4 Å². The molecule has 1 saturated carbocycles. The predicted molar refractivity (Wildman–Crippen MR) is 65.1 cm³/mol. The molecule has 0 unspecified atom stereocenters. The van der Waals surface area contributed by atoms with E-state index in [4.69, 9.17) is 4.42 Å². The predicted octanol–water partition coefficient (Wildman–Crippen LogP) is 2.15. The van der Waals surface area contributed by atoms with E-state index in [-0.39, 0.29) is 0 Å². The standard InChI is InChI=1S/C13H20N2O/c1-3-7-15(2)10-11-6-8-16-13(11)9-14-12-4-5-12/h3,6,8,12,14H,1,4-5,7,9-10H2,2H3. The first-order valence-electron chi connectivity index (χ1n) is 5.87. The third kappa shape index (κ3) is 3.22. The van der Waals surface area contributed by atoms with Crippen molar-refractivity contribution < 1.29 is 4.42 Å². The van der Waals surface area contributed by atoms with Gasteiger partial charge in [0.15, 0.2) is 0 Å². The van der Waals surface area contributed by atoms with Crippen LogP contribution in [-0.4, -0.2) is 24.5 Å². The van der Waals surface area contributed by atoms with Crippen LogP contribution in [-0.2, 0) is 13.1 Å². The van der Waals surface area contributed by atoms with Crippen molar-refractivity contribution in [3.63, 3.8) is 0 Å². The Morgan fingerprint density at radius 1 is 1.62 bits per heavy atom. The lowest BCUT2D eigenvalue weighted by atomic mass is 10.2. The van der Waals surface area contributed by atoms with Gasteiger partial charge in [0.05, 0.1) is 12.8 Å². The van der Waals surface area contributed by atoms with Gasteiger partial charge < -0.3 is 9.73 Å². The summed E-state index contributed by atoms with van der Waals surface area (Å²) in [5.41, 5.74) is 1.28. The monoisotopic (exact) mass is 220 g/mol. The fourth-order valence-electron chi connectivity index (χ4n) is 1.76. The van der Waals surface area contributed by atoms with Crippen molar-refractivity contribution in [2.45, 2.75) is 32.0 Å². The lowest BCUT2D eigenvalue weighted by Crippen LogP contribution is -2.20. The van der Waals surface area contributed by atoms with E-state index in [1.807, 2.05) is 6.08 Å². The van der Waals surface area contributed by atoms with E-state index in [2.05, 4.69) is 29.9 Å². The van der Waals surface area contributed by atoms with Crippen molar-refractivity contribution >= 4 is 0 Å². The van der Waals surface area contributed by atoms with E-state index in [1.54, 1.807) is 6.26 Å². The number of likely N-dealkylation sites (N-methyl/N-ethyl adjacent to an activating group) is 1. The van der Waals surface area contributed by atoms with Crippen LogP contribution in [0.1, 0.15) is 24.2 Å². The fourth-order valence-corrected chi connectivity index (χ4v) is 1.76. The van der Waals surface area contributed by atoms with Crippen LogP contribution in [0.25, 0.3) is 0 Å². The summed E-state index contributed by atoms with van der Waals surface area (Å²) in [6.45, 7) is 6.42. The second-order valence-corrected chi connectivity index (χ2v) is 4.51. The highest BCUT2D eigenvalue weighted by Gasteiger charge is 2.21. The van der Waals surface area contributed by atoms with Gasteiger partial charge in [-0.05, 0) is 26.0 Å². The maximum Gasteiger partial charge on any atom is 0.122 e. The molecule has 1 fully saturated rings. The van der Waals surface area contributed by atoms with E-state index in [1.165, 1.54) is 18.4 Å². The van der Waals surface area contributed by atoms with Gasteiger partial charge in [-0.25, -0.2) is 0 Å². The molecule has 1 aromatic heterocycles. The number of nitrogens with one attached hydrogen (secondary N) is 1. The molecular formula is C13H20N2O. The summed E-state index contributed by atoms with van der Waals surface area (Å²) in [7, 11) is 2.09. The van der Waals surface area contributed by atoms with Gasteiger partial charge in [0, 0.05) is 24.7 Å². The average Bonchev–Trinajstić information content (AvgIpc) is 2.98. The molecule has 0 spiro atoms. The molecule has 3 nitrogen and oxygen atoms in total. The zero-order valence-electron chi connectivity index (χ0n) is 9.91. The van der Waals surface area contributed by atoms with Gasteiger partial charge in [-0.2, -0.15) is 0 Å². The lowest BCUT2D eigenvalue weighted by Gasteiger charge is -2.13. The molecule has 1 heterocycles. The molecule has 88 valence electrons. The minimum atomic E-state index is 0.726. The molecular weight excluding hydrogens is 200 g/mol. The minimum Gasteiger partial charge on any atom is -0.468 e. The molecule has 1 aliphatic rings. The van der Waals surface area contributed by atoms with Crippen molar-refractivity contribution in [3.05, 3.63) is 36.3 Å². The molecule has 0 aliphatic heterocycles. The number of hydrogen-bond donors (Lipinski definition) is 1. The van der Waals surface area contributed by atoms with Crippen LogP contribution in [0.3, 0.4) is 0 Å². The van der Waals surface area contributed by atoms with Gasteiger partial charge in [-0.1, -0.05) is 6.08 Å². The molecule has 3 heteroatoms. The van der Waals surface area contributed by atoms with Crippen molar-refractivity contribution in [2.24, 2.45) is 0 Å². The summed E-state index contributed by atoms with van der Waals surface area (Å²) in [6, 6.07) is 2.78. The van der Waals surface area contributed by atoms with Gasteiger partial charge in [0.2, 0.25) is 0 Å².